The zero-order chi connectivity index (χ0) is 33.4. The van der Waals surface area contributed by atoms with E-state index in [-0.39, 0.29) is 27.8 Å². The summed E-state index contributed by atoms with van der Waals surface area (Å²) in [5, 5.41) is 8.17. The fraction of sp³-hybridized carbons (Fsp3) is 0.594. The normalized spacial score (nSPS) is 33.1. The lowest BCUT2D eigenvalue weighted by atomic mass is 9.53. The molecule has 15 nitrogen and oxygen atoms in total. The topological polar surface area (TPSA) is 188 Å². The standard InChI is InChI=1S/C32H40N8O7S/c1-4-33-28(41)24-23-25(47-31(2,3)46-23)29(45-24)40-16-36-22-26(34-15-35-27(22)40)38-30(42)37-20-7-5-6-8-21(20)48(43,44)39-32-12-17-9-18(13-32)11-19(10-17)14-32/h5-8,15-19,23-25,29,39H,4,9-14H2,1-3H3,(H,33,41)(H2,34,35,37,38,42)/t17?,18?,19?,23-,24+,25-,29-,32?/m1/s1. The number of benzene rings is 1. The summed E-state index contributed by atoms with van der Waals surface area (Å²) in [5.74, 6) is 0.557. The summed E-state index contributed by atoms with van der Waals surface area (Å²) in [6.45, 7) is 5.79. The van der Waals surface area contributed by atoms with Crippen molar-refractivity contribution in [2.75, 3.05) is 17.2 Å². The van der Waals surface area contributed by atoms with Gasteiger partial charge in [0.25, 0.3) is 5.91 Å². The zero-order valence-corrected chi connectivity index (χ0v) is 27.8. The second kappa shape index (κ2) is 11.4. The highest BCUT2D eigenvalue weighted by atomic mass is 32.2. The van der Waals surface area contributed by atoms with E-state index in [1.807, 2.05) is 6.92 Å². The van der Waals surface area contributed by atoms with Gasteiger partial charge in [0, 0.05) is 12.1 Å². The van der Waals surface area contributed by atoms with Crippen LogP contribution in [-0.4, -0.2) is 76.1 Å². The van der Waals surface area contributed by atoms with Gasteiger partial charge >= 0.3 is 6.03 Å². The maximum atomic E-state index is 13.8. The van der Waals surface area contributed by atoms with E-state index < -0.39 is 51.9 Å². The average Bonchev–Trinajstić information content (AvgIpc) is 3.67. The van der Waals surface area contributed by atoms with Gasteiger partial charge in [-0.3, -0.25) is 14.7 Å². The van der Waals surface area contributed by atoms with Gasteiger partial charge in [0.1, 0.15) is 23.4 Å². The van der Waals surface area contributed by atoms with Crippen molar-refractivity contribution in [1.29, 1.82) is 0 Å². The fourth-order valence-electron chi connectivity index (χ4n) is 9.06. The number of anilines is 2. The SMILES string of the molecule is CCNC(=O)[C@H]1O[C@@H](n2cnc3c(NC(=O)Nc4ccccc4S(=O)(=O)NC45CC6CC(CC(C6)C4)C5)ncnc32)[C@@H]2OC(C)(C)O[C@@H]21. The molecular formula is C32H40N8O7S. The molecule has 3 aromatic rings. The number of fused-ring (bicyclic) bond motifs is 2. The van der Waals surface area contributed by atoms with Gasteiger partial charge < -0.3 is 24.8 Å². The molecular weight excluding hydrogens is 640 g/mol. The largest absolute Gasteiger partial charge is 0.354 e. The maximum absolute atomic E-state index is 13.8. The Bertz CT molecular complexity index is 1850. The fourth-order valence-corrected chi connectivity index (χ4v) is 10.7. The highest BCUT2D eigenvalue weighted by molar-refractivity contribution is 7.89. The number of carbonyl (C=O) groups excluding carboxylic acids is 2. The third-order valence-corrected chi connectivity index (χ3v) is 12.0. The Balaban J connectivity index is 1.01. The summed E-state index contributed by atoms with van der Waals surface area (Å²) in [6.07, 6.45) is 5.91. The molecule has 3 amide bonds. The number of rotatable bonds is 8. The summed E-state index contributed by atoms with van der Waals surface area (Å²) in [4.78, 5) is 39.2. The first-order valence-corrected chi connectivity index (χ1v) is 18.1. The number of nitrogens with zero attached hydrogens (tertiary/aromatic N) is 4. The molecule has 0 radical (unpaired) electrons. The van der Waals surface area contributed by atoms with E-state index in [1.54, 1.807) is 36.6 Å². The van der Waals surface area contributed by atoms with Crippen LogP contribution in [0.3, 0.4) is 0 Å². The number of aromatic nitrogens is 4. The van der Waals surface area contributed by atoms with Crippen molar-refractivity contribution in [3.63, 3.8) is 0 Å². The number of hydrogen-bond donors (Lipinski definition) is 4. The van der Waals surface area contributed by atoms with Crippen LogP contribution >= 0.6 is 0 Å². The summed E-state index contributed by atoms with van der Waals surface area (Å²) in [6, 6.07) is 5.67. The third-order valence-electron chi connectivity index (χ3n) is 10.3. The van der Waals surface area contributed by atoms with Crippen LogP contribution in [0.2, 0.25) is 0 Å². The van der Waals surface area contributed by atoms with Crippen LogP contribution in [0.4, 0.5) is 16.3 Å². The molecule has 9 rings (SSSR count). The van der Waals surface area contributed by atoms with E-state index >= 15 is 0 Å². The first-order valence-electron chi connectivity index (χ1n) is 16.6. The smallest absolute Gasteiger partial charge is 0.324 e. The molecule has 2 aliphatic heterocycles. The number of nitrogens with one attached hydrogen (secondary N) is 4. The average molecular weight is 681 g/mol. The molecule has 4 aliphatic carbocycles. The molecule has 256 valence electrons. The quantitative estimate of drug-likeness (QED) is 0.275. The van der Waals surface area contributed by atoms with Crippen molar-refractivity contribution in [2.45, 2.75) is 100 Å². The molecule has 4 saturated carbocycles. The number of ether oxygens (including phenoxy) is 3. The molecule has 0 unspecified atom stereocenters. The van der Waals surface area contributed by atoms with Crippen LogP contribution in [0.5, 0.6) is 0 Å². The molecule has 6 aliphatic rings. The Labute approximate surface area is 278 Å². The highest BCUT2D eigenvalue weighted by Gasteiger charge is 2.58. The monoisotopic (exact) mass is 680 g/mol. The van der Waals surface area contributed by atoms with Gasteiger partial charge in [-0.05, 0) is 89.2 Å². The third kappa shape index (κ3) is 5.52. The minimum Gasteiger partial charge on any atom is -0.354 e. The van der Waals surface area contributed by atoms with Crippen LogP contribution < -0.4 is 20.7 Å². The Morgan fingerprint density at radius 2 is 1.65 bits per heavy atom. The van der Waals surface area contributed by atoms with Gasteiger partial charge in [0.05, 0.1) is 12.0 Å². The maximum Gasteiger partial charge on any atom is 0.324 e. The molecule has 16 heteroatoms. The minimum atomic E-state index is -3.94. The molecule has 1 aromatic carbocycles. The van der Waals surface area contributed by atoms with E-state index in [4.69, 9.17) is 14.2 Å². The van der Waals surface area contributed by atoms with Crippen molar-refractivity contribution in [1.82, 2.24) is 29.6 Å². The van der Waals surface area contributed by atoms with Crippen LogP contribution in [0.15, 0.2) is 41.8 Å². The van der Waals surface area contributed by atoms with Crippen molar-refractivity contribution in [3.8, 4) is 0 Å². The molecule has 4 atom stereocenters. The Morgan fingerprint density at radius 3 is 2.35 bits per heavy atom. The van der Waals surface area contributed by atoms with Gasteiger partial charge in [-0.15, -0.1) is 0 Å². The summed E-state index contributed by atoms with van der Waals surface area (Å²) < 4.78 is 50.7. The lowest BCUT2D eigenvalue weighted by molar-refractivity contribution is -0.197. The highest BCUT2D eigenvalue weighted by Crippen LogP contribution is 2.56. The summed E-state index contributed by atoms with van der Waals surface area (Å²) in [7, 11) is -3.94. The number of likely N-dealkylation sites (N-methyl/N-ethyl adjacent to an activating group) is 1. The van der Waals surface area contributed by atoms with Crippen LogP contribution in [0, 0.1) is 17.8 Å². The zero-order valence-electron chi connectivity index (χ0n) is 27.0. The number of sulfonamides is 1. The number of carbonyl (C=O) groups is 2. The lowest BCUT2D eigenvalue weighted by Gasteiger charge is -2.56. The second-order valence-corrected chi connectivity index (χ2v) is 16.0. The van der Waals surface area contributed by atoms with Crippen LogP contribution in [0.1, 0.15) is 65.5 Å². The van der Waals surface area contributed by atoms with E-state index in [1.165, 1.54) is 38.0 Å². The molecule has 6 fully saturated rings. The molecule has 0 spiro atoms. The minimum absolute atomic E-state index is 0.00400. The van der Waals surface area contributed by atoms with Crippen molar-refractivity contribution in [2.24, 2.45) is 17.8 Å². The van der Waals surface area contributed by atoms with Gasteiger partial charge in [-0.25, -0.2) is 32.9 Å². The van der Waals surface area contributed by atoms with Gasteiger partial charge in [-0.2, -0.15) is 0 Å². The van der Waals surface area contributed by atoms with Crippen LogP contribution in [-0.2, 0) is 29.0 Å². The predicted molar refractivity (Wildman–Crippen MR) is 172 cm³/mol. The van der Waals surface area contributed by atoms with E-state index in [0.29, 0.717) is 29.9 Å². The number of hydrogen-bond acceptors (Lipinski definition) is 10. The summed E-state index contributed by atoms with van der Waals surface area (Å²) >= 11 is 0. The van der Waals surface area contributed by atoms with Crippen molar-refractivity contribution >= 4 is 44.6 Å². The first-order chi connectivity index (χ1) is 22.9. The Kier molecular flexibility index (Phi) is 7.52. The second-order valence-electron chi connectivity index (χ2n) is 14.3. The molecule has 48 heavy (non-hydrogen) atoms. The Morgan fingerprint density at radius 1 is 0.958 bits per heavy atom. The number of amides is 3. The predicted octanol–water partition coefficient (Wildman–Crippen LogP) is 3.27. The van der Waals surface area contributed by atoms with E-state index in [0.717, 1.165) is 19.3 Å². The number of urea groups is 1. The molecule has 4 N–H and O–H groups in total. The van der Waals surface area contributed by atoms with Crippen molar-refractivity contribution < 1.29 is 32.2 Å². The molecule has 2 saturated heterocycles. The molecule has 2 aromatic heterocycles. The molecule has 4 heterocycles. The summed E-state index contributed by atoms with van der Waals surface area (Å²) in [5.41, 5.74) is 0.308. The van der Waals surface area contributed by atoms with Crippen molar-refractivity contribution in [3.05, 3.63) is 36.9 Å². The van der Waals surface area contributed by atoms with Crippen LogP contribution in [0.25, 0.3) is 11.2 Å². The number of imidazole rings is 1. The van der Waals surface area contributed by atoms with Gasteiger partial charge in [0.2, 0.25) is 10.0 Å². The van der Waals surface area contributed by atoms with E-state index in [2.05, 4.69) is 35.6 Å². The van der Waals surface area contributed by atoms with E-state index in [9.17, 15) is 18.0 Å². The lowest BCUT2D eigenvalue weighted by Crippen LogP contribution is -2.59. The first kappa shape index (κ1) is 31.6. The number of para-hydroxylation sites is 1. The molecule has 4 bridgehead atoms. The Hall–Kier alpha value is -3.70. The van der Waals surface area contributed by atoms with Gasteiger partial charge in [-0.1, -0.05) is 12.1 Å². The van der Waals surface area contributed by atoms with Gasteiger partial charge in [0.15, 0.2) is 35.1 Å².